The minimum absolute atomic E-state index is 0.103. The lowest BCUT2D eigenvalue weighted by Crippen LogP contribution is -2.39. The number of amides is 2. The maximum atomic E-state index is 12.7. The summed E-state index contributed by atoms with van der Waals surface area (Å²) >= 11 is 0. The van der Waals surface area contributed by atoms with Gasteiger partial charge in [0.05, 0.1) is 5.52 Å². The number of carbonyl (C=O) groups is 2. The third-order valence-electron chi connectivity index (χ3n) is 5.74. The van der Waals surface area contributed by atoms with Crippen molar-refractivity contribution in [3.8, 4) is 11.5 Å². The first-order chi connectivity index (χ1) is 16.0. The number of aromatic amines is 1. The molecule has 4 heterocycles. The normalized spacial score (nSPS) is 14.0. The van der Waals surface area contributed by atoms with Gasteiger partial charge in [-0.3, -0.25) is 19.3 Å². The van der Waals surface area contributed by atoms with E-state index in [0.29, 0.717) is 41.3 Å². The third-order valence-corrected chi connectivity index (χ3v) is 5.74. The van der Waals surface area contributed by atoms with Gasteiger partial charge in [0.15, 0.2) is 17.0 Å². The molecule has 3 aromatic heterocycles. The number of nitrogens with one attached hydrogen (secondary N) is 2. The smallest absolute Gasteiger partial charge is 0.420 e. The van der Waals surface area contributed by atoms with Crippen molar-refractivity contribution in [2.75, 3.05) is 18.4 Å². The standard InChI is InChI=1S/C23H23N5O5/c1-14-5-7-19(32-14)16-12-17(26-25-16)22(30)24-15-6-8-20-18(11-15)28(23(31)33-20)13-21(29)27-9-3-2-4-10-27/h5-8,11-12H,2-4,9-10,13H2,1H3,(H,24,30)(H,25,26). The van der Waals surface area contributed by atoms with E-state index >= 15 is 0 Å². The van der Waals surface area contributed by atoms with Crippen LogP contribution in [0.4, 0.5) is 5.69 Å². The first kappa shape index (κ1) is 20.8. The highest BCUT2D eigenvalue weighted by Gasteiger charge is 2.20. The first-order valence-corrected chi connectivity index (χ1v) is 10.8. The summed E-state index contributed by atoms with van der Waals surface area (Å²) in [7, 11) is 0. The van der Waals surface area contributed by atoms with Crippen LogP contribution in [0.15, 0.2) is 50.0 Å². The lowest BCUT2D eigenvalue weighted by atomic mass is 10.1. The number of H-pyrrole nitrogens is 1. The summed E-state index contributed by atoms with van der Waals surface area (Å²) in [6.45, 7) is 3.13. The van der Waals surface area contributed by atoms with E-state index in [0.717, 1.165) is 25.0 Å². The third kappa shape index (κ3) is 4.19. The molecule has 1 saturated heterocycles. The van der Waals surface area contributed by atoms with Gasteiger partial charge in [0.25, 0.3) is 5.91 Å². The quantitative estimate of drug-likeness (QED) is 0.482. The molecule has 0 saturated carbocycles. The topological polar surface area (TPSA) is 126 Å². The van der Waals surface area contributed by atoms with Crippen LogP contribution in [0.25, 0.3) is 22.6 Å². The minimum Gasteiger partial charge on any atom is -0.460 e. The fraction of sp³-hybridized carbons (Fsp3) is 0.304. The molecule has 1 aromatic carbocycles. The summed E-state index contributed by atoms with van der Waals surface area (Å²) in [6.07, 6.45) is 3.05. The van der Waals surface area contributed by atoms with Gasteiger partial charge in [-0.2, -0.15) is 5.10 Å². The molecule has 170 valence electrons. The van der Waals surface area contributed by atoms with Gasteiger partial charge in [0, 0.05) is 24.8 Å². The summed E-state index contributed by atoms with van der Waals surface area (Å²) in [4.78, 5) is 39.5. The second kappa shape index (κ2) is 8.45. The molecule has 0 unspecified atom stereocenters. The second-order valence-electron chi connectivity index (χ2n) is 8.11. The molecule has 1 aliphatic heterocycles. The Morgan fingerprint density at radius 3 is 2.67 bits per heavy atom. The van der Waals surface area contributed by atoms with Crippen molar-refractivity contribution in [2.24, 2.45) is 0 Å². The predicted octanol–water partition coefficient (Wildman–Crippen LogP) is 3.15. The molecule has 33 heavy (non-hydrogen) atoms. The predicted molar refractivity (Wildman–Crippen MR) is 120 cm³/mol. The molecule has 4 aromatic rings. The van der Waals surface area contributed by atoms with Gasteiger partial charge in [0.2, 0.25) is 5.91 Å². The van der Waals surface area contributed by atoms with Crippen molar-refractivity contribution in [3.05, 3.63) is 58.4 Å². The molecule has 5 rings (SSSR count). The van der Waals surface area contributed by atoms with E-state index in [1.54, 1.807) is 35.2 Å². The van der Waals surface area contributed by atoms with Gasteiger partial charge in [0.1, 0.15) is 18.0 Å². The number of fused-ring (bicyclic) bond motifs is 1. The van der Waals surface area contributed by atoms with Gasteiger partial charge in [-0.15, -0.1) is 0 Å². The summed E-state index contributed by atoms with van der Waals surface area (Å²) in [5.74, 6) is 0.183. The van der Waals surface area contributed by atoms with Gasteiger partial charge in [-0.25, -0.2) is 4.79 Å². The molecule has 10 heteroatoms. The van der Waals surface area contributed by atoms with Crippen molar-refractivity contribution in [3.63, 3.8) is 0 Å². The summed E-state index contributed by atoms with van der Waals surface area (Å²) in [5, 5.41) is 9.61. The van der Waals surface area contributed by atoms with Crippen LogP contribution in [-0.2, 0) is 11.3 Å². The molecule has 2 amide bonds. The number of aryl methyl sites for hydroxylation is 1. The molecule has 0 bridgehead atoms. The Hall–Kier alpha value is -4.08. The van der Waals surface area contributed by atoms with Crippen molar-refractivity contribution in [2.45, 2.75) is 32.7 Å². The van der Waals surface area contributed by atoms with Gasteiger partial charge in [-0.1, -0.05) is 0 Å². The highest BCUT2D eigenvalue weighted by molar-refractivity contribution is 6.04. The lowest BCUT2D eigenvalue weighted by Gasteiger charge is -2.26. The van der Waals surface area contributed by atoms with Crippen LogP contribution >= 0.6 is 0 Å². The van der Waals surface area contributed by atoms with Gasteiger partial charge >= 0.3 is 5.76 Å². The molecule has 1 fully saturated rings. The summed E-state index contributed by atoms with van der Waals surface area (Å²) in [6, 6.07) is 10.1. The molecular formula is C23H23N5O5. The molecule has 0 aliphatic carbocycles. The molecule has 2 N–H and O–H groups in total. The van der Waals surface area contributed by atoms with E-state index in [2.05, 4.69) is 15.5 Å². The molecule has 10 nitrogen and oxygen atoms in total. The fourth-order valence-corrected chi connectivity index (χ4v) is 4.01. The van der Waals surface area contributed by atoms with Crippen LogP contribution < -0.4 is 11.1 Å². The lowest BCUT2D eigenvalue weighted by molar-refractivity contribution is -0.132. The van der Waals surface area contributed by atoms with Crippen molar-refractivity contribution in [1.82, 2.24) is 19.7 Å². The van der Waals surface area contributed by atoms with Crippen LogP contribution in [0, 0.1) is 6.92 Å². The average Bonchev–Trinajstić information content (AvgIpc) is 3.54. The van der Waals surface area contributed by atoms with E-state index in [4.69, 9.17) is 8.83 Å². The number of likely N-dealkylation sites (tertiary alicyclic amines) is 1. The van der Waals surface area contributed by atoms with Crippen LogP contribution in [0.3, 0.4) is 0 Å². The number of aromatic nitrogens is 3. The van der Waals surface area contributed by atoms with E-state index < -0.39 is 11.7 Å². The maximum Gasteiger partial charge on any atom is 0.420 e. The first-order valence-electron chi connectivity index (χ1n) is 10.8. The fourth-order valence-electron chi connectivity index (χ4n) is 4.01. The number of rotatable bonds is 5. The summed E-state index contributed by atoms with van der Waals surface area (Å²) in [5.41, 5.74) is 2.01. The number of furan rings is 1. The highest BCUT2D eigenvalue weighted by atomic mass is 16.4. The Labute approximate surface area is 188 Å². The molecule has 0 atom stereocenters. The Morgan fingerprint density at radius 2 is 1.91 bits per heavy atom. The van der Waals surface area contributed by atoms with Crippen molar-refractivity contribution < 1.29 is 18.4 Å². The Kier molecular flexibility index (Phi) is 5.33. The van der Waals surface area contributed by atoms with Gasteiger partial charge in [-0.05, 0) is 56.5 Å². The average molecular weight is 449 g/mol. The Morgan fingerprint density at radius 1 is 1.09 bits per heavy atom. The number of piperidine rings is 1. The molecule has 1 aliphatic rings. The van der Waals surface area contributed by atoms with Crippen molar-refractivity contribution in [1.29, 1.82) is 0 Å². The van der Waals surface area contributed by atoms with Crippen molar-refractivity contribution >= 4 is 28.6 Å². The maximum absolute atomic E-state index is 12.7. The van der Waals surface area contributed by atoms with E-state index in [9.17, 15) is 14.4 Å². The van der Waals surface area contributed by atoms with E-state index in [-0.39, 0.29) is 18.1 Å². The number of hydrogen-bond donors (Lipinski definition) is 2. The minimum atomic E-state index is -0.607. The van der Waals surface area contributed by atoms with Gasteiger partial charge < -0.3 is 19.1 Å². The number of anilines is 1. The van der Waals surface area contributed by atoms with Crippen LogP contribution in [0.2, 0.25) is 0 Å². The molecule has 0 spiro atoms. The molecular weight excluding hydrogens is 426 g/mol. The number of nitrogens with zero attached hydrogens (tertiary/aromatic N) is 3. The SMILES string of the molecule is Cc1ccc(-c2cc(C(=O)Nc3ccc4oc(=O)n(CC(=O)N5CCCCC5)c4c3)n[nH]2)o1. The largest absolute Gasteiger partial charge is 0.460 e. The van der Waals surface area contributed by atoms with Crippen LogP contribution in [0.1, 0.15) is 35.5 Å². The molecule has 0 radical (unpaired) electrons. The second-order valence-corrected chi connectivity index (χ2v) is 8.11. The number of benzene rings is 1. The van der Waals surface area contributed by atoms with Crippen LogP contribution in [-0.4, -0.2) is 44.6 Å². The summed E-state index contributed by atoms with van der Waals surface area (Å²) < 4.78 is 12.1. The number of carbonyl (C=O) groups excluding carboxylic acids is 2. The number of oxazole rings is 1. The zero-order valence-electron chi connectivity index (χ0n) is 18.1. The highest BCUT2D eigenvalue weighted by Crippen LogP contribution is 2.22. The van der Waals surface area contributed by atoms with E-state index in [1.165, 1.54) is 4.57 Å². The Balaban J connectivity index is 1.35. The Bertz CT molecular complexity index is 1390. The van der Waals surface area contributed by atoms with E-state index in [1.807, 2.05) is 13.0 Å². The zero-order valence-corrected chi connectivity index (χ0v) is 18.1. The number of hydrogen-bond acceptors (Lipinski definition) is 6. The zero-order chi connectivity index (χ0) is 22.9. The van der Waals surface area contributed by atoms with Crippen LogP contribution in [0.5, 0.6) is 0 Å². The monoisotopic (exact) mass is 449 g/mol.